The maximum atomic E-state index is 11.8. The molecule has 0 aliphatic heterocycles. The van der Waals surface area contributed by atoms with E-state index in [2.05, 4.69) is 0 Å². The molecule has 0 unspecified atom stereocenters. The van der Waals surface area contributed by atoms with Crippen molar-refractivity contribution < 1.29 is 9.53 Å². The van der Waals surface area contributed by atoms with E-state index >= 15 is 0 Å². The number of carbonyl (C=O) groups is 1. The van der Waals surface area contributed by atoms with Gasteiger partial charge in [-0.15, -0.1) is 0 Å². The van der Waals surface area contributed by atoms with Crippen molar-refractivity contribution in [1.82, 2.24) is 0 Å². The van der Waals surface area contributed by atoms with Gasteiger partial charge in [0.2, 0.25) is 0 Å². The third kappa shape index (κ3) is 2.92. The van der Waals surface area contributed by atoms with Crippen LogP contribution in [0.1, 0.15) is 11.6 Å². The molecule has 0 heterocycles. The zero-order valence-electron chi connectivity index (χ0n) is 9.24. The van der Waals surface area contributed by atoms with Crippen LogP contribution in [0.5, 0.6) is 5.75 Å². The van der Waals surface area contributed by atoms with Gasteiger partial charge in [-0.25, -0.2) is 4.79 Å². The van der Waals surface area contributed by atoms with Crippen molar-refractivity contribution in [2.75, 3.05) is 0 Å². The fourth-order valence-corrected chi connectivity index (χ4v) is 1.46. The van der Waals surface area contributed by atoms with Gasteiger partial charge in [0.05, 0.1) is 0 Å². The third-order valence-electron chi connectivity index (χ3n) is 2.37. The number of nitrogens with two attached hydrogens (primary N) is 1. The highest BCUT2D eigenvalue weighted by Crippen LogP contribution is 2.15. The number of hydrogen-bond donors (Lipinski definition) is 1. The summed E-state index contributed by atoms with van der Waals surface area (Å²) in [5, 5.41) is 0. The normalized spacial score (nSPS) is 11.8. The van der Waals surface area contributed by atoms with Gasteiger partial charge in [0.1, 0.15) is 11.8 Å². The summed E-state index contributed by atoms with van der Waals surface area (Å²) in [5.41, 5.74) is 6.56. The SMILES string of the molecule is N[C@H](C(=O)Oc1ccccc1)c1ccccc1. The van der Waals surface area contributed by atoms with Crippen LogP contribution in [0.4, 0.5) is 0 Å². The van der Waals surface area contributed by atoms with E-state index in [9.17, 15) is 4.79 Å². The van der Waals surface area contributed by atoms with Gasteiger partial charge < -0.3 is 10.5 Å². The second-order valence-electron chi connectivity index (χ2n) is 3.62. The summed E-state index contributed by atoms with van der Waals surface area (Å²) in [7, 11) is 0. The second-order valence-corrected chi connectivity index (χ2v) is 3.62. The lowest BCUT2D eigenvalue weighted by molar-refractivity contribution is -0.136. The van der Waals surface area contributed by atoms with Crippen LogP contribution in [0, 0.1) is 0 Å². The maximum Gasteiger partial charge on any atom is 0.332 e. The maximum absolute atomic E-state index is 11.8. The van der Waals surface area contributed by atoms with E-state index in [-0.39, 0.29) is 0 Å². The summed E-state index contributed by atoms with van der Waals surface area (Å²) >= 11 is 0. The van der Waals surface area contributed by atoms with E-state index in [1.807, 2.05) is 24.3 Å². The lowest BCUT2D eigenvalue weighted by Crippen LogP contribution is -2.25. The van der Waals surface area contributed by atoms with Crippen LogP contribution in [0.2, 0.25) is 0 Å². The summed E-state index contributed by atoms with van der Waals surface area (Å²) in [6.07, 6.45) is 0. The van der Waals surface area contributed by atoms with Crippen LogP contribution < -0.4 is 10.5 Å². The molecule has 2 aromatic carbocycles. The minimum Gasteiger partial charge on any atom is -0.425 e. The Morgan fingerprint density at radius 2 is 1.47 bits per heavy atom. The van der Waals surface area contributed by atoms with Gasteiger partial charge in [-0.1, -0.05) is 48.5 Å². The van der Waals surface area contributed by atoms with Crippen molar-refractivity contribution in [1.29, 1.82) is 0 Å². The molecule has 0 amide bonds. The fourth-order valence-electron chi connectivity index (χ4n) is 1.46. The Balaban J connectivity index is 2.06. The van der Waals surface area contributed by atoms with E-state index in [0.29, 0.717) is 5.75 Å². The highest BCUT2D eigenvalue weighted by Gasteiger charge is 2.17. The Kier molecular flexibility index (Phi) is 3.52. The first-order chi connectivity index (χ1) is 8.27. The zero-order chi connectivity index (χ0) is 12.1. The summed E-state index contributed by atoms with van der Waals surface area (Å²) in [6.45, 7) is 0. The first-order valence-corrected chi connectivity index (χ1v) is 5.34. The van der Waals surface area contributed by atoms with Crippen LogP contribution in [0.15, 0.2) is 60.7 Å². The first kappa shape index (κ1) is 11.4. The summed E-state index contributed by atoms with van der Waals surface area (Å²) in [6, 6.07) is 17.3. The second kappa shape index (κ2) is 5.27. The minimum absolute atomic E-state index is 0.456. The molecule has 0 saturated heterocycles. The molecule has 3 heteroatoms. The molecule has 86 valence electrons. The molecule has 1 atom stereocenters. The van der Waals surface area contributed by atoms with Gasteiger partial charge >= 0.3 is 5.97 Å². The Labute approximate surface area is 99.8 Å². The standard InChI is InChI=1S/C14H13NO2/c15-13(11-7-3-1-4-8-11)14(16)17-12-9-5-2-6-10-12/h1-10,13H,15H2/t13-/m0/s1. The molecule has 17 heavy (non-hydrogen) atoms. The van der Waals surface area contributed by atoms with E-state index in [1.165, 1.54) is 0 Å². The van der Waals surface area contributed by atoms with Crippen LogP contribution in [-0.2, 0) is 4.79 Å². The quantitative estimate of drug-likeness (QED) is 0.646. The lowest BCUT2D eigenvalue weighted by Gasteiger charge is -2.11. The predicted molar refractivity (Wildman–Crippen MR) is 65.4 cm³/mol. The van der Waals surface area contributed by atoms with E-state index in [1.54, 1.807) is 36.4 Å². The topological polar surface area (TPSA) is 52.3 Å². The summed E-state index contributed by atoms with van der Waals surface area (Å²) in [5.74, 6) is 0.0475. The minimum atomic E-state index is -0.753. The molecule has 0 spiro atoms. The van der Waals surface area contributed by atoms with Gasteiger partial charge in [0.15, 0.2) is 0 Å². The molecule has 0 fully saturated rings. The predicted octanol–water partition coefficient (Wildman–Crippen LogP) is 2.29. The Bertz CT molecular complexity index is 482. The molecule has 2 rings (SSSR count). The van der Waals surface area contributed by atoms with Crippen molar-refractivity contribution in [3.63, 3.8) is 0 Å². The highest BCUT2D eigenvalue weighted by molar-refractivity contribution is 5.79. The van der Waals surface area contributed by atoms with Crippen LogP contribution in [0.3, 0.4) is 0 Å². The summed E-state index contributed by atoms with van der Waals surface area (Å²) < 4.78 is 5.17. The number of benzene rings is 2. The van der Waals surface area contributed by atoms with E-state index in [4.69, 9.17) is 10.5 Å². The Morgan fingerprint density at radius 1 is 0.941 bits per heavy atom. The molecule has 2 aromatic rings. The molecule has 2 N–H and O–H groups in total. The average molecular weight is 227 g/mol. The lowest BCUT2D eigenvalue weighted by atomic mass is 10.1. The van der Waals surface area contributed by atoms with Crippen molar-refractivity contribution in [3.05, 3.63) is 66.2 Å². The number of ether oxygens (including phenoxy) is 1. The largest absolute Gasteiger partial charge is 0.425 e. The number of esters is 1. The van der Waals surface area contributed by atoms with Crippen LogP contribution in [0.25, 0.3) is 0 Å². The molecule has 0 aromatic heterocycles. The van der Waals surface area contributed by atoms with Gasteiger partial charge in [-0.05, 0) is 17.7 Å². The molecule has 0 bridgehead atoms. The highest BCUT2D eigenvalue weighted by atomic mass is 16.5. The van der Waals surface area contributed by atoms with Crippen molar-refractivity contribution >= 4 is 5.97 Å². The van der Waals surface area contributed by atoms with Gasteiger partial charge in [0.25, 0.3) is 0 Å². The van der Waals surface area contributed by atoms with E-state index < -0.39 is 12.0 Å². The molecule has 3 nitrogen and oxygen atoms in total. The number of hydrogen-bond acceptors (Lipinski definition) is 3. The molecular weight excluding hydrogens is 214 g/mol. The molecule has 0 aliphatic carbocycles. The average Bonchev–Trinajstić information content (AvgIpc) is 2.40. The summed E-state index contributed by atoms with van der Waals surface area (Å²) in [4.78, 5) is 11.8. The van der Waals surface area contributed by atoms with Gasteiger partial charge in [0, 0.05) is 0 Å². The molecule has 0 radical (unpaired) electrons. The third-order valence-corrected chi connectivity index (χ3v) is 2.37. The van der Waals surface area contributed by atoms with Crippen LogP contribution in [-0.4, -0.2) is 5.97 Å². The van der Waals surface area contributed by atoms with Gasteiger partial charge in [-0.3, -0.25) is 0 Å². The molecule has 0 aliphatic rings. The Morgan fingerprint density at radius 3 is 2.06 bits per heavy atom. The van der Waals surface area contributed by atoms with Crippen LogP contribution >= 0.6 is 0 Å². The zero-order valence-corrected chi connectivity index (χ0v) is 9.24. The Hall–Kier alpha value is -2.13. The fraction of sp³-hybridized carbons (Fsp3) is 0.0714. The number of carbonyl (C=O) groups excluding carboxylic acids is 1. The smallest absolute Gasteiger partial charge is 0.332 e. The van der Waals surface area contributed by atoms with Gasteiger partial charge in [-0.2, -0.15) is 0 Å². The molecular formula is C14H13NO2. The molecule has 0 saturated carbocycles. The number of para-hydroxylation sites is 1. The van der Waals surface area contributed by atoms with Crippen molar-refractivity contribution in [2.24, 2.45) is 5.73 Å². The van der Waals surface area contributed by atoms with Crippen molar-refractivity contribution in [2.45, 2.75) is 6.04 Å². The monoisotopic (exact) mass is 227 g/mol. The first-order valence-electron chi connectivity index (χ1n) is 5.34. The van der Waals surface area contributed by atoms with E-state index in [0.717, 1.165) is 5.56 Å². The number of rotatable bonds is 3. The van der Waals surface area contributed by atoms with Crippen molar-refractivity contribution in [3.8, 4) is 5.75 Å².